The van der Waals surface area contributed by atoms with E-state index < -0.39 is 0 Å². The molecule has 0 saturated carbocycles. The number of hydrogen-bond donors (Lipinski definition) is 0. The molecule has 0 aromatic heterocycles. The third-order valence-corrected chi connectivity index (χ3v) is 3.54. The van der Waals surface area contributed by atoms with E-state index >= 15 is 0 Å². The Morgan fingerprint density at radius 3 is 3.14 bits per heavy atom. The molecule has 1 fully saturated rings. The lowest BCUT2D eigenvalue weighted by atomic mass is 9.90. The molecule has 76 valence electrons. The molecule has 3 aliphatic rings. The van der Waals surface area contributed by atoms with Crippen LogP contribution in [-0.4, -0.2) is 17.7 Å². The van der Waals surface area contributed by atoms with Gasteiger partial charge in [-0.3, -0.25) is 0 Å². The highest BCUT2D eigenvalue weighted by Crippen LogP contribution is 2.43. The molecule has 0 aromatic carbocycles. The van der Waals surface area contributed by atoms with E-state index in [-0.39, 0.29) is 17.7 Å². The molecule has 3 heteroatoms. The molecule has 3 heterocycles. The predicted molar refractivity (Wildman–Crippen MR) is 49.5 cm³/mol. The maximum Gasteiger partial charge on any atom is 0.337 e. The van der Waals surface area contributed by atoms with Crippen molar-refractivity contribution in [1.82, 2.24) is 0 Å². The normalized spacial score (nSPS) is 40.4. The fourth-order valence-electron chi connectivity index (χ4n) is 2.59. The van der Waals surface area contributed by atoms with E-state index in [1.807, 2.05) is 0 Å². The van der Waals surface area contributed by atoms with Crippen molar-refractivity contribution >= 4 is 5.97 Å². The summed E-state index contributed by atoms with van der Waals surface area (Å²) in [5.74, 6) is 0.776. The van der Waals surface area contributed by atoms with E-state index in [9.17, 15) is 4.79 Å². The van der Waals surface area contributed by atoms with Crippen LogP contribution in [0.2, 0.25) is 0 Å². The van der Waals surface area contributed by atoms with Crippen LogP contribution in [0.3, 0.4) is 0 Å². The van der Waals surface area contributed by atoms with Crippen LogP contribution in [0, 0.1) is 0 Å². The minimum Gasteiger partial charge on any atom is -0.491 e. The summed E-state index contributed by atoms with van der Waals surface area (Å²) in [5.41, 5.74) is 0.752. The number of ether oxygens (including phenoxy) is 2. The molecule has 14 heavy (non-hydrogen) atoms. The summed E-state index contributed by atoms with van der Waals surface area (Å²) in [4.78, 5) is 11.6. The molecule has 3 bridgehead atoms. The van der Waals surface area contributed by atoms with Crippen molar-refractivity contribution in [2.45, 2.75) is 50.7 Å². The van der Waals surface area contributed by atoms with Gasteiger partial charge in [-0.1, -0.05) is 0 Å². The first-order valence-electron chi connectivity index (χ1n) is 5.28. The third kappa shape index (κ3) is 1.08. The fourth-order valence-corrected chi connectivity index (χ4v) is 2.59. The van der Waals surface area contributed by atoms with Gasteiger partial charge in [0, 0.05) is 6.42 Å². The highest BCUT2D eigenvalue weighted by molar-refractivity contribution is 5.90. The van der Waals surface area contributed by atoms with Crippen molar-refractivity contribution < 1.29 is 14.3 Å². The monoisotopic (exact) mass is 194 g/mol. The Kier molecular flexibility index (Phi) is 1.50. The lowest BCUT2D eigenvalue weighted by molar-refractivity contribution is -0.147. The third-order valence-electron chi connectivity index (χ3n) is 3.54. The molecule has 3 aliphatic heterocycles. The summed E-state index contributed by atoms with van der Waals surface area (Å²) < 4.78 is 11.3. The number of carbonyl (C=O) groups excluding carboxylic acids is 1. The minimum atomic E-state index is -0.139. The van der Waals surface area contributed by atoms with Gasteiger partial charge in [0.25, 0.3) is 0 Å². The molecular formula is C11H14O3. The van der Waals surface area contributed by atoms with E-state index in [0.29, 0.717) is 0 Å². The summed E-state index contributed by atoms with van der Waals surface area (Å²) in [6, 6.07) is 0. The lowest BCUT2D eigenvalue weighted by Gasteiger charge is -2.35. The Hall–Kier alpha value is -0.990. The van der Waals surface area contributed by atoms with Crippen molar-refractivity contribution in [2.75, 3.05) is 0 Å². The Balaban J connectivity index is 2.07. The van der Waals surface area contributed by atoms with Gasteiger partial charge < -0.3 is 9.47 Å². The number of fused-ring (bicyclic) bond motifs is 2. The second-order valence-electron chi connectivity index (χ2n) is 4.72. The summed E-state index contributed by atoms with van der Waals surface area (Å²) in [6.07, 6.45) is 4.60. The zero-order valence-corrected chi connectivity index (χ0v) is 8.34. The Labute approximate surface area is 83.1 Å². The Morgan fingerprint density at radius 2 is 2.29 bits per heavy atom. The van der Waals surface area contributed by atoms with Crippen molar-refractivity contribution in [2.24, 2.45) is 0 Å². The van der Waals surface area contributed by atoms with Gasteiger partial charge in [-0.05, 0) is 32.6 Å². The topological polar surface area (TPSA) is 35.5 Å². The molecule has 0 radical (unpaired) electrons. The van der Waals surface area contributed by atoms with Gasteiger partial charge in [-0.2, -0.15) is 0 Å². The number of hydrogen-bond acceptors (Lipinski definition) is 3. The highest BCUT2D eigenvalue weighted by Gasteiger charge is 2.43. The first-order chi connectivity index (χ1) is 6.66. The molecule has 0 unspecified atom stereocenters. The van der Waals surface area contributed by atoms with E-state index in [4.69, 9.17) is 9.47 Å². The van der Waals surface area contributed by atoms with Crippen LogP contribution in [0.15, 0.2) is 11.3 Å². The van der Waals surface area contributed by atoms with E-state index in [0.717, 1.165) is 43.4 Å². The largest absolute Gasteiger partial charge is 0.491 e. The lowest BCUT2D eigenvalue weighted by Crippen LogP contribution is -2.33. The number of rotatable bonds is 0. The first kappa shape index (κ1) is 8.33. The van der Waals surface area contributed by atoms with Gasteiger partial charge in [0.15, 0.2) is 0 Å². The van der Waals surface area contributed by atoms with E-state index in [1.165, 1.54) is 0 Å². The standard InChI is InChI=1S/C11H14O3/c1-11-4-2-7-6-9(14-11)8(3-5-11)10(12)13-7/h7H,2-6H2,1H3/t7-,11+/m0/s1. The first-order valence-corrected chi connectivity index (χ1v) is 5.28. The smallest absolute Gasteiger partial charge is 0.337 e. The van der Waals surface area contributed by atoms with Crippen LogP contribution in [0.5, 0.6) is 0 Å². The quantitative estimate of drug-likeness (QED) is 0.553. The molecule has 0 spiro atoms. The molecule has 0 amide bonds. The summed E-state index contributed by atoms with van der Waals surface area (Å²) in [5, 5.41) is 0. The Morgan fingerprint density at radius 1 is 1.43 bits per heavy atom. The van der Waals surface area contributed by atoms with Crippen molar-refractivity contribution in [3.05, 3.63) is 11.3 Å². The van der Waals surface area contributed by atoms with Crippen LogP contribution in [-0.2, 0) is 14.3 Å². The van der Waals surface area contributed by atoms with Crippen LogP contribution in [0.4, 0.5) is 0 Å². The average Bonchev–Trinajstić information content (AvgIpc) is 2.18. The average molecular weight is 194 g/mol. The number of carbonyl (C=O) groups is 1. The molecule has 1 saturated heterocycles. The van der Waals surface area contributed by atoms with Crippen LogP contribution in [0.1, 0.15) is 39.0 Å². The molecule has 3 nitrogen and oxygen atoms in total. The van der Waals surface area contributed by atoms with Crippen LogP contribution in [0.25, 0.3) is 0 Å². The van der Waals surface area contributed by atoms with Gasteiger partial charge in [0.1, 0.15) is 17.5 Å². The molecule has 0 N–H and O–H groups in total. The van der Waals surface area contributed by atoms with Crippen molar-refractivity contribution in [1.29, 1.82) is 0 Å². The predicted octanol–water partition coefficient (Wildman–Crippen LogP) is 1.92. The number of esters is 1. The van der Waals surface area contributed by atoms with Gasteiger partial charge in [-0.25, -0.2) is 4.79 Å². The highest BCUT2D eigenvalue weighted by atomic mass is 16.6. The molecule has 3 rings (SSSR count). The maximum atomic E-state index is 11.6. The van der Waals surface area contributed by atoms with Gasteiger partial charge in [0.2, 0.25) is 0 Å². The summed E-state index contributed by atoms with van der Waals surface area (Å²) in [6.45, 7) is 2.14. The minimum absolute atomic E-state index is 0.0401. The summed E-state index contributed by atoms with van der Waals surface area (Å²) >= 11 is 0. The zero-order valence-electron chi connectivity index (χ0n) is 8.34. The molecule has 2 atom stereocenters. The van der Waals surface area contributed by atoms with Crippen molar-refractivity contribution in [3.8, 4) is 0 Å². The maximum absolute atomic E-state index is 11.6. The second kappa shape index (κ2) is 2.53. The zero-order chi connectivity index (χ0) is 9.76. The van der Waals surface area contributed by atoms with Crippen molar-refractivity contribution in [3.63, 3.8) is 0 Å². The molecule has 0 aliphatic carbocycles. The van der Waals surface area contributed by atoms with Crippen LogP contribution >= 0.6 is 0 Å². The SMILES string of the molecule is C[C@]12CCC3=C(C[C@H](CC1)OC3=O)O2. The molecular weight excluding hydrogens is 180 g/mol. The second-order valence-corrected chi connectivity index (χ2v) is 4.72. The van der Waals surface area contributed by atoms with E-state index in [1.54, 1.807) is 0 Å². The van der Waals surface area contributed by atoms with Crippen LogP contribution < -0.4 is 0 Å². The summed E-state index contributed by atoms with van der Waals surface area (Å²) in [7, 11) is 0. The fraction of sp³-hybridized carbons (Fsp3) is 0.727. The van der Waals surface area contributed by atoms with Gasteiger partial charge in [0.05, 0.1) is 5.57 Å². The van der Waals surface area contributed by atoms with Gasteiger partial charge >= 0.3 is 5.97 Å². The molecule has 0 aromatic rings. The van der Waals surface area contributed by atoms with Gasteiger partial charge in [-0.15, -0.1) is 0 Å². The van der Waals surface area contributed by atoms with E-state index in [2.05, 4.69) is 6.92 Å². The Bertz CT molecular complexity index is 331.